The van der Waals surface area contributed by atoms with E-state index in [1.807, 2.05) is 0 Å². The summed E-state index contributed by atoms with van der Waals surface area (Å²) in [7, 11) is 0. The average Bonchev–Trinajstić information content (AvgIpc) is 2.41. The van der Waals surface area contributed by atoms with Crippen molar-refractivity contribution in [2.45, 2.75) is 25.8 Å². The third kappa shape index (κ3) is 2.76. The van der Waals surface area contributed by atoms with Crippen molar-refractivity contribution < 1.29 is 10.2 Å². The summed E-state index contributed by atoms with van der Waals surface area (Å²) in [6.07, 6.45) is 2.33. The van der Waals surface area contributed by atoms with E-state index in [2.05, 4.69) is 11.8 Å². The highest BCUT2D eigenvalue weighted by Gasteiger charge is 2.25. The predicted molar refractivity (Wildman–Crippen MR) is 71.5 cm³/mol. The summed E-state index contributed by atoms with van der Waals surface area (Å²) >= 11 is 0. The van der Waals surface area contributed by atoms with Crippen LogP contribution in [0.2, 0.25) is 0 Å². The van der Waals surface area contributed by atoms with Crippen LogP contribution in [0.4, 0.5) is 0 Å². The Labute approximate surface area is 108 Å². The van der Waals surface area contributed by atoms with Crippen molar-refractivity contribution >= 4 is 0 Å². The molecule has 1 aliphatic heterocycles. The second-order valence-corrected chi connectivity index (χ2v) is 5.16. The molecule has 18 heavy (non-hydrogen) atoms. The van der Waals surface area contributed by atoms with Crippen LogP contribution < -0.4 is 5.73 Å². The van der Waals surface area contributed by atoms with Gasteiger partial charge in [0, 0.05) is 18.2 Å². The number of phenols is 2. The molecule has 4 N–H and O–H groups in total. The van der Waals surface area contributed by atoms with Gasteiger partial charge in [-0.25, -0.2) is 0 Å². The van der Waals surface area contributed by atoms with Gasteiger partial charge < -0.3 is 15.9 Å². The minimum absolute atomic E-state index is 0.103. The molecule has 0 bridgehead atoms. The third-order valence-electron chi connectivity index (χ3n) is 3.89. The van der Waals surface area contributed by atoms with E-state index in [0.717, 1.165) is 31.6 Å². The third-order valence-corrected chi connectivity index (χ3v) is 3.89. The molecule has 1 heterocycles. The lowest BCUT2D eigenvalue weighted by Gasteiger charge is -2.36. The van der Waals surface area contributed by atoms with Crippen molar-refractivity contribution in [1.29, 1.82) is 0 Å². The van der Waals surface area contributed by atoms with E-state index in [4.69, 9.17) is 5.73 Å². The molecule has 0 spiro atoms. The number of likely N-dealkylation sites (tertiary alicyclic amines) is 1. The van der Waals surface area contributed by atoms with E-state index in [1.54, 1.807) is 12.1 Å². The maximum atomic E-state index is 9.90. The minimum Gasteiger partial charge on any atom is -0.508 e. The van der Waals surface area contributed by atoms with Crippen LogP contribution >= 0.6 is 0 Å². The first kappa shape index (κ1) is 13.2. The Kier molecular flexibility index (Phi) is 4.09. The van der Waals surface area contributed by atoms with Crippen LogP contribution in [-0.2, 0) is 0 Å². The fourth-order valence-electron chi connectivity index (χ4n) is 2.71. The Balaban J connectivity index is 2.14. The SMILES string of the molecule is CC(c1cc(O)ccc1O)N1CCCC(CN)C1. The lowest BCUT2D eigenvalue weighted by Crippen LogP contribution is -2.39. The van der Waals surface area contributed by atoms with Gasteiger partial charge in [0.25, 0.3) is 0 Å². The summed E-state index contributed by atoms with van der Waals surface area (Å²) in [4.78, 5) is 2.33. The van der Waals surface area contributed by atoms with Crippen molar-refractivity contribution in [1.82, 2.24) is 4.90 Å². The molecule has 4 nitrogen and oxygen atoms in total. The molecule has 100 valence electrons. The van der Waals surface area contributed by atoms with E-state index in [0.29, 0.717) is 5.92 Å². The van der Waals surface area contributed by atoms with Gasteiger partial charge in [0.05, 0.1) is 0 Å². The normalized spacial score (nSPS) is 22.9. The monoisotopic (exact) mass is 250 g/mol. The molecule has 1 aromatic carbocycles. The Bertz CT molecular complexity index is 409. The lowest BCUT2D eigenvalue weighted by molar-refractivity contribution is 0.133. The minimum atomic E-state index is 0.103. The first-order valence-corrected chi connectivity index (χ1v) is 6.57. The van der Waals surface area contributed by atoms with Crippen LogP contribution in [0.3, 0.4) is 0 Å². The number of rotatable bonds is 3. The molecule has 1 fully saturated rings. The maximum absolute atomic E-state index is 9.90. The van der Waals surface area contributed by atoms with Gasteiger partial charge in [-0.15, -0.1) is 0 Å². The van der Waals surface area contributed by atoms with E-state index in [-0.39, 0.29) is 17.5 Å². The highest BCUT2D eigenvalue weighted by Crippen LogP contribution is 2.33. The van der Waals surface area contributed by atoms with Crippen LogP contribution in [0.15, 0.2) is 18.2 Å². The summed E-state index contributed by atoms with van der Waals surface area (Å²) in [6.45, 7) is 4.77. The van der Waals surface area contributed by atoms with Gasteiger partial charge in [0.2, 0.25) is 0 Å². The zero-order chi connectivity index (χ0) is 13.1. The highest BCUT2D eigenvalue weighted by molar-refractivity contribution is 5.40. The van der Waals surface area contributed by atoms with Gasteiger partial charge in [-0.2, -0.15) is 0 Å². The molecular formula is C14H22N2O2. The number of nitrogens with zero attached hydrogens (tertiary/aromatic N) is 1. The van der Waals surface area contributed by atoms with Crippen molar-refractivity contribution in [3.63, 3.8) is 0 Å². The largest absolute Gasteiger partial charge is 0.508 e. The molecule has 1 aromatic rings. The van der Waals surface area contributed by atoms with Crippen LogP contribution in [0.25, 0.3) is 0 Å². The molecule has 2 unspecified atom stereocenters. The van der Waals surface area contributed by atoms with Crippen LogP contribution in [-0.4, -0.2) is 34.7 Å². The molecule has 1 aliphatic rings. The molecule has 4 heteroatoms. The molecule has 2 atom stereocenters. The summed E-state index contributed by atoms with van der Waals surface area (Å²) in [5, 5.41) is 19.4. The van der Waals surface area contributed by atoms with E-state index >= 15 is 0 Å². The van der Waals surface area contributed by atoms with Gasteiger partial charge in [0.1, 0.15) is 11.5 Å². The Hall–Kier alpha value is -1.26. The van der Waals surface area contributed by atoms with Gasteiger partial charge in [0.15, 0.2) is 0 Å². The molecule has 0 aliphatic carbocycles. The first-order valence-electron chi connectivity index (χ1n) is 6.57. The molecule has 2 rings (SSSR count). The van der Waals surface area contributed by atoms with E-state index in [1.165, 1.54) is 12.5 Å². The van der Waals surface area contributed by atoms with Crippen LogP contribution in [0, 0.1) is 5.92 Å². The number of benzene rings is 1. The highest BCUT2D eigenvalue weighted by atomic mass is 16.3. The Morgan fingerprint density at radius 2 is 2.22 bits per heavy atom. The van der Waals surface area contributed by atoms with Gasteiger partial charge >= 0.3 is 0 Å². The molecular weight excluding hydrogens is 228 g/mol. The second-order valence-electron chi connectivity index (χ2n) is 5.16. The van der Waals surface area contributed by atoms with Crippen molar-refractivity contribution in [2.75, 3.05) is 19.6 Å². The molecule has 0 radical (unpaired) electrons. The maximum Gasteiger partial charge on any atom is 0.120 e. The molecule has 1 saturated heterocycles. The second kappa shape index (κ2) is 5.59. The molecule has 0 amide bonds. The van der Waals surface area contributed by atoms with Crippen molar-refractivity contribution in [2.24, 2.45) is 11.7 Å². The summed E-state index contributed by atoms with van der Waals surface area (Å²) in [6, 6.07) is 4.80. The predicted octanol–water partition coefficient (Wildman–Crippen LogP) is 1.83. The van der Waals surface area contributed by atoms with Crippen molar-refractivity contribution in [3.05, 3.63) is 23.8 Å². The van der Waals surface area contributed by atoms with Crippen molar-refractivity contribution in [3.8, 4) is 11.5 Å². The van der Waals surface area contributed by atoms with Gasteiger partial charge in [-0.3, -0.25) is 4.90 Å². The first-order chi connectivity index (χ1) is 8.61. The number of hydrogen-bond donors (Lipinski definition) is 3. The quantitative estimate of drug-likeness (QED) is 0.716. The topological polar surface area (TPSA) is 69.7 Å². The zero-order valence-corrected chi connectivity index (χ0v) is 10.8. The summed E-state index contributed by atoms with van der Waals surface area (Å²) in [5.74, 6) is 0.984. The average molecular weight is 250 g/mol. The van der Waals surface area contributed by atoms with Gasteiger partial charge in [-0.1, -0.05) is 0 Å². The molecule has 0 aromatic heterocycles. The number of nitrogens with two attached hydrogens (primary N) is 1. The lowest BCUT2D eigenvalue weighted by atomic mass is 9.95. The fraction of sp³-hybridized carbons (Fsp3) is 0.571. The number of phenolic OH excluding ortho intramolecular Hbond substituents is 2. The number of hydrogen-bond acceptors (Lipinski definition) is 4. The van der Waals surface area contributed by atoms with Crippen LogP contribution in [0.1, 0.15) is 31.4 Å². The van der Waals surface area contributed by atoms with Crippen LogP contribution in [0.5, 0.6) is 11.5 Å². The standard InChI is InChI=1S/C14H22N2O2/c1-10(13-7-12(17)4-5-14(13)18)16-6-2-3-11(8-15)9-16/h4-5,7,10-11,17-18H,2-3,6,8-9,15H2,1H3. The Morgan fingerprint density at radius 3 is 2.94 bits per heavy atom. The van der Waals surface area contributed by atoms with E-state index < -0.39 is 0 Å². The van der Waals surface area contributed by atoms with E-state index in [9.17, 15) is 10.2 Å². The molecule has 0 saturated carbocycles. The summed E-state index contributed by atoms with van der Waals surface area (Å²) < 4.78 is 0. The zero-order valence-electron chi connectivity index (χ0n) is 10.8. The fourth-order valence-corrected chi connectivity index (χ4v) is 2.71. The Morgan fingerprint density at radius 1 is 1.44 bits per heavy atom. The number of aromatic hydroxyl groups is 2. The van der Waals surface area contributed by atoms with Gasteiger partial charge in [-0.05, 0) is 57.0 Å². The smallest absolute Gasteiger partial charge is 0.120 e. The number of piperidine rings is 1. The summed E-state index contributed by atoms with van der Waals surface area (Å²) in [5.41, 5.74) is 6.53.